The second-order valence-electron chi connectivity index (χ2n) is 11.1. The van der Waals surface area contributed by atoms with Gasteiger partial charge in [0.2, 0.25) is 5.91 Å². The van der Waals surface area contributed by atoms with Gasteiger partial charge >= 0.3 is 0 Å². The molecule has 0 aromatic heterocycles. The zero-order chi connectivity index (χ0) is 29.4. The first-order chi connectivity index (χ1) is 18.8. The summed E-state index contributed by atoms with van der Waals surface area (Å²) in [5.41, 5.74) is 4.33. The number of aliphatic hydroxyl groups excluding tert-OH is 1. The van der Waals surface area contributed by atoms with Crippen LogP contribution >= 0.6 is 0 Å². The highest BCUT2D eigenvalue weighted by Crippen LogP contribution is 2.55. The third-order valence-electron chi connectivity index (χ3n) is 8.95. The maximum absolute atomic E-state index is 14.0. The summed E-state index contributed by atoms with van der Waals surface area (Å²) in [6.45, 7) is 5.38. The molecule has 208 valence electrons. The van der Waals surface area contributed by atoms with Gasteiger partial charge in [0.25, 0.3) is 0 Å². The van der Waals surface area contributed by atoms with Gasteiger partial charge in [0, 0.05) is 11.5 Å². The molecular weight excluding hydrogens is 516 g/mol. The molecule has 2 unspecified atom stereocenters. The molecular formula is C30H30N2O8. The van der Waals surface area contributed by atoms with Gasteiger partial charge in [0.05, 0.1) is 29.5 Å². The van der Waals surface area contributed by atoms with E-state index in [1.807, 2.05) is 0 Å². The van der Waals surface area contributed by atoms with Gasteiger partial charge in [-0.1, -0.05) is 56.0 Å². The standard InChI is InChI=1S/C30H30N2O8/c1-5-13-6-8-14(9-7-13)16-11-10-15-12(2)17-19(24(34)18(15)23(16)33)27(37)30(40)21(25(17)35)22(32(3)4)26(36)20(28(30)38)29(31)39/h5-12,17,19-22,25,33,35,40H,1H2,2-4H3,(H2,31,39)/t12-,17+,19?,20?,21+,22-,25-,30-/m0/s1. The van der Waals surface area contributed by atoms with E-state index in [0.717, 1.165) is 5.56 Å². The number of hydrogen-bond acceptors (Lipinski definition) is 9. The maximum Gasteiger partial charge on any atom is 0.235 e. The second-order valence-corrected chi connectivity index (χ2v) is 11.1. The number of likely N-dealkylation sites (N-methyl/N-ethyl adjacent to an activating group) is 1. The molecule has 2 aromatic rings. The number of nitrogens with two attached hydrogens (primary N) is 1. The minimum Gasteiger partial charge on any atom is -0.507 e. The van der Waals surface area contributed by atoms with E-state index < -0.39 is 76.4 Å². The van der Waals surface area contributed by atoms with Gasteiger partial charge in [0.1, 0.15) is 5.75 Å². The fourth-order valence-electron chi connectivity index (χ4n) is 7.02. The molecule has 8 atom stereocenters. The first-order valence-electron chi connectivity index (χ1n) is 12.9. The van der Waals surface area contributed by atoms with Crippen LogP contribution in [-0.2, 0) is 19.2 Å². The molecule has 10 nitrogen and oxygen atoms in total. The average molecular weight is 547 g/mol. The molecule has 0 saturated heterocycles. The topological polar surface area (TPSA) is 175 Å². The molecule has 10 heteroatoms. The molecule has 0 spiro atoms. The number of nitrogens with zero attached hydrogens (tertiary/aromatic N) is 1. The van der Waals surface area contributed by atoms with Crippen molar-refractivity contribution >= 4 is 35.1 Å². The first-order valence-corrected chi connectivity index (χ1v) is 12.9. The average Bonchev–Trinajstić information content (AvgIpc) is 2.90. The number of primary amides is 1. The highest BCUT2D eigenvalue weighted by atomic mass is 16.3. The van der Waals surface area contributed by atoms with Gasteiger partial charge in [-0.15, -0.1) is 0 Å². The molecule has 5 N–H and O–H groups in total. The van der Waals surface area contributed by atoms with Crippen LogP contribution in [0.4, 0.5) is 0 Å². The molecule has 2 aromatic carbocycles. The molecule has 3 aliphatic rings. The number of phenols is 1. The minimum atomic E-state index is -3.02. The van der Waals surface area contributed by atoms with Crippen molar-refractivity contribution in [1.29, 1.82) is 0 Å². The van der Waals surface area contributed by atoms with Crippen molar-refractivity contribution in [3.05, 3.63) is 59.7 Å². The summed E-state index contributed by atoms with van der Waals surface area (Å²) < 4.78 is 0. The van der Waals surface area contributed by atoms with Crippen LogP contribution in [0.1, 0.15) is 34.3 Å². The molecule has 2 fully saturated rings. The van der Waals surface area contributed by atoms with Crippen LogP contribution in [0.3, 0.4) is 0 Å². The smallest absolute Gasteiger partial charge is 0.235 e. The van der Waals surface area contributed by atoms with E-state index in [4.69, 9.17) is 5.73 Å². The number of hydrogen-bond donors (Lipinski definition) is 4. The first kappa shape index (κ1) is 27.6. The molecule has 2 saturated carbocycles. The van der Waals surface area contributed by atoms with Crippen molar-refractivity contribution < 1.29 is 39.3 Å². The second kappa shape index (κ2) is 9.29. The normalized spacial score (nSPS) is 33.3. The van der Waals surface area contributed by atoms with Crippen molar-refractivity contribution in [2.75, 3.05) is 14.1 Å². The van der Waals surface area contributed by atoms with E-state index in [2.05, 4.69) is 6.58 Å². The summed E-state index contributed by atoms with van der Waals surface area (Å²) in [6.07, 6.45) is -0.00829. The van der Waals surface area contributed by atoms with Gasteiger partial charge in [-0.05, 0) is 36.7 Å². The quantitative estimate of drug-likeness (QED) is 0.403. The van der Waals surface area contributed by atoms with Gasteiger partial charge in [-0.2, -0.15) is 0 Å². The zero-order valence-electron chi connectivity index (χ0n) is 22.2. The molecule has 0 aliphatic heterocycles. The van der Waals surface area contributed by atoms with E-state index in [-0.39, 0.29) is 11.3 Å². The van der Waals surface area contributed by atoms with E-state index in [9.17, 15) is 39.3 Å². The van der Waals surface area contributed by atoms with Crippen molar-refractivity contribution in [3.63, 3.8) is 0 Å². The lowest BCUT2D eigenvalue weighted by atomic mass is 9.49. The van der Waals surface area contributed by atoms with Crippen molar-refractivity contribution in [2.45, 2.75) is 30.6 Å². The van der Waals surface area contributed by atoms with Crippen LogP contribution in [0.15, 0.2) is 43.0 Å². The molecule has 3 aliphatic carbocycles. The van der Waals surface area contributed by atoms with Gasteiger partial charge in [0.15, 0.2) is 34.7 Å². The number of amides is 1. The van der Waals surface area contributed by atoms with Gasteiger partial charge in [-0.25, -0.2) is 0 Å². The SMILES string of the molecule is C=Cc1ccc(-c2ccc3c(c2O)C(=O)C2C(=O)[C@]4(O)C(=O)C(C(N)=O)C(=O)[C@@H](N(C)C)[C@@H]4[C@@H](O)[C@@H]2[C@H]3C)cc1. The Morgan fingerprint density at radius 1 is 1.05 bits per heavy atom. The summed E-state index contributed by atoms with van der Waals surface area (Å²) >= 11 is 0. The summed E-state index contributed by atoms with van der Waals surface area (Å²) in [6, 6.07) is 8.93. The number of rotatable bonds is 4. The summed E-state index contributed by atoms with van der Waals surface area (Å²) in [4.78, 5) is 68.1. The Morgan fingerprint density at radius 3 is 2.23 bits per heavy atom. The predicted molar refractivity (Wildman–Crippen MR) is 143 cm³/mol. The monoisotopic (exact) mass is 546 g/mol. The number of aliphatic hydroxyl groups is 2. The fraction of sp³-hybridized carbons (Fsp3) is 0.367. The third kappa shape index (κ3) is 3.49. The highest BCUT2D eigenvalue weighted by Gasteiger charge is 2.72. The minimum absolute atomic E-state index is 0.142. The van der Waals surface area contributed by atoms with Gasteiger partial charge < -0.3 is 21.1 Å². The molecule has 1 amide bonds. The van der Waals surface area contributed by atoms with E-state index in [0.29, 0.717) is 16.7 Å². The van der Waals surface area contributed by atoms with Crippen molar-refractivity contribution in [3.8, 4) is 16.9 Å². The number of carbonyl (C=O) groups excluding carboxylic acids is 5. The Bertz CT molecular complexity index is 1500. The molecule has 0 radical (unpaired) electrons. The lowest BCUT2D eigenvalue weighted by Gasteiger charge is -2.56. The Labute approximate surface area is 230 Å². The van der Waals surface area contributed by atoms with Crippen LogP contribution in [0.25, 0.3) is 17.2 Å². The summed E-state index contributed by atoms with van der Waals surface area (Å²) in [7, 11) is 2.90. The molecule has 40 heavy (non-hydrogen) atoms. The van der Waals surface area contributed by atoms with Crippen LogP contribution in [0.2, 0.25) is 0 Å². The lowest BCUT2D eigenvalue weighted by molar-refractivity contribution is -0.196. The third-order valence-corrected chi connectivity index (χ3v) is 8.95. The fourth-order valence-corrected chi connectivity index (χ4v) is 7.02. The zero-order valence-corrected chi connectivity index (χ0v) is 22.2. The Kier molecular flexibility index (Phi) is 6.41. The number of phenolic OH excluding ortho intramolecular Hbond substituents is 1. The van der Waals surface area contributed by atoms with E-state index in [1.54, 1.807) is 49.4 Å². The number of aromatic hydroxyl groups is 1. The predicted octanol–water partition coefficient (Wildman–Crippen LogP) is 0.709. The summed E-state index contributed by atoms with van der Waals surface area (Å²) in [5, 5.41) is 34.7. The Hall–Kier alpha value is -3.99. The number of Topliss-reactive ketones (excluding diaryl/α,β-unsaturated/α-hetero) is 4. The Balaban J connectivity index is 1.68. The number of ketones is 4. The molecule has 0 bridgehead atoms. The number of fused-ring (bicyclic) bond motifs is 3. The van der Waals surface area contributed by atoms with Crippen LogP contribution in [-0.4, -0.2) is 81.1 Å². The largest absolute Gasteiger partial charge is 0.507 e. The number of carbonyl (C=O) groups is 5. The van der Waals surface area contributed by atoms with E-state index in [1.165, 1.54) is 19.0 Å². The van der Waals surface area contributed by atoms with Crippen LogP contribution in [0.5, 0.6) is 5.75 Å². The molecule has 0 heterocycles. The highest BCUT2D eigenvalue weighted by molar-refractivity contribution is 6.32. The van der Waals surface area contributed by atoms with Crippen molar-refractivity contribution in [2.24, 2.45) is 29.4 Å². The maximum atomic E-state index is 14.0. The van der Waals surface area contributed by atoms with Crippen LogP contribution in [0, 0.1) is 23.7 Å². The molecule has 5 rings (SSSR count). The Morgan fingerprint density at radius 2 is 1.68 bits per heavy atom. The van der Waals surface area contributed by atoms with Crippen LogP contribution < -0.4 is 5.73 Å². The van der Waals surface area contributed by atoms with E-state index >= 15 is 0 Å². The van der Waals surface area contributed by atoms with Crippen molar-refractivity contribution in [1.82, 2.24) is 4.90 Å². The lowest BCUT2D eigenvalue weighted by Crippen LogP contribution is -2.77. The summed E-state index contributed by atoms with van der Waals surface area (Å²) in [5.74, 6) is -13.4. The number of benzene rings is 2. The van der Waals surface area contributed by atoms with Gasteiger partial charge in [-0.3, -0.25) is 28.9 Å².